The maximum absolute atomic E-state index is 9.53. The van der Waals surface area contributed by atoms with Gasteiger partial charge in [0.2, 0.25) is 0 Å². The zero-order chi connectivity index (χ0) is 7.14. The number of aliphatic hydroxyl groups excluding tert-OH is 1. The van der Waals surface area contributed by atoms with E-state index < -0.39 is 0 Å². The first-order chi connectivity index (χ1) is 4.79. The van der Waals surface area contributed by atoms with E-state index in [9.17, 15) is 5.11 Å². The van der Waals surface area contributed by atoms with Crippen molar-refractivity contribution in [2.45, 2.75) is 43.9 Å². The highest BCUT2D eigenvalue weighted by Crippen LogP contribution is 2.33. The lowest BCUT2D eigenvalue weighted by Crippen LogP contribution is -2.38. The van der Waals surface area contributed by atoms with Gasteiger partial charge in [0, 0.05) is 12.1 Å². The smallest absolute Gasteiger partial charge is 0.0710 e. The Hall–Kier alpha value is -0.0800. The molecule has 2 bridgehead atoms. The van der Waals surface area contributed by atoms with Crippen LogP contribution in [-0.4, -0.2) is 35.2 Å². The fraction of sp³-hybridized carbons (Fsp3) is 1.00. The molecule has 2 saturated heterocycles. The summed E-state index contributed by atoms with van der Waals surface area (Å²) < 4.78 is 0. The summed E-state index contributed by atoms with van der Waals surface area (Å²) in [5, 5.41) is 9.53. The van der Waals surface area contributed by atoms with Gasteiger partial charge >= 0.3 is 0 Å². The number of rotatable bonds is 0. The molecule has 2 aliphatic rings. The Kier molecular flexibility index (Phi) is 1.46. The minimum absolute atomic E-state index is 0.0301. The van der Waals surface area contributed by atoms with Gasteiger partial charge < -0.3 is 5.11 Å². The third-order valence-corrected chi connectivity index (χ3v) is 3.09. The summed E-state index contributed by atoms with van der Waals surface area (Å²) >= 11 is 0. The molecule has 58 valence electrons. The zero-order valence-corrected chi connectivity index (χ0v) is 6.45. The second-order valence-electron chi connectivity index (χ2n) is 3.62. The van der Waals surface area contributed by atoms with Crippen molar-refractivity contribution in [1.82, 2.24) is 4.90 Å². The first-order valence-corrected chi connectivity index (χ1v) is 4.19. The van der Waals surface area contributed by atoms with E-state index >= 15 is 0 Å². The highest BCUT2D eigenvalue weighted by molar-refractivity contribution is 4.95. The van der Waals surface area contributed by atoms with Gasteiger partial charge in [-0.1, -0.05) is 6.42 Å². The predicted octanol–water partition coefficient (Wildman–Crippen LogP) is 0.604. The van der Waals surface area contributed by atoms with Gasteiger partial charge in [-0.3, -0.25) is 4.90 Å². The Labute approximate surface area is 61.8 Å². The molecular weight excluding hydrogens is 126 g/mol. The summed E-state index contributed by atoms with van der Waals surface area (Å²) in [5.74, 6) is 0. The number of piperidine rings is 1. The van der Waals surface area contributed by atoms with E-state index in [0.29, 0.717) is 12.1 Å². The van der Waals surface area contributed by atoms with Crippen LogP contribution in [0.2, 0.25) is 0 Å². The molecule has 0 aromatic carbocycles. The second kappa shape index (κ2) is 2.21. The lowest BCUT2D eigenvalue weighted by molar-refractivity contribution is 0.103. The highest BCUT2D eigenvalue weighted by Gasteiger charge is 2.40. The lowest BCUT2D eigenvalue weighted by Gasteiger charge is -2.30. The van der Waals surface area contributed by atoms with E-state index in [1.165, 1.54) is 19.3 Å². The third-order valence-electron chi connectivity index (χ3n) is 3.09. The van der Waals surface area contributed by atoms with Crippen molar-refractivity contribution in [3.05, 3.63) is 0 Å². The van der Waals surface area contributed by atoms with E-state index in [-0.39, 0.29) is 6.10 Å². The van der Waals surface area contributed by atoms with Crippen LogP contribution in [0.15, 0.2) is 0 Å². The topological polar surface area (TPSA) is 23.5 Å². The Morgan fingerprint density at radius 2 is 2.20 bits per heavy atom. The molecule has 0 radical (unpaired) electrons. The molecule has 10 heavy (non-hydrogen) atoms. The molecule has 0 amide bonds. The number of hydrogen-bond acceptors (Lipinski definition) is 2. The van der Waals surface area contributed by atoms with Crippen LogP contribution in [0.5, 0.6) is 0 Å². The van der Waals surface area contributed by atoms with Crippen LogP contribution in [-0.2, 0) is 0 Å². The summed E-state index contributed by atoms with van der Waals surface area (Å²) in [4.78, 5) is 2.36. The van der Waals surface area contributed by atoms with Gasteiger partial charge in [0.05, 0.1) is 6.10 Å². The van der Waals surface area contributed by atoms with Gasteiger partial charge in [-0.15, -0.1) is 0 Å². The Morgan fingerprint density at radius 3 is 2.80 bits per heavy atom. The number of hydrogen-bond donors (Lipinski definition) is 1. The second-order valence-corrected chi connectivity index (χ2v) is 3.62. The van der Waals surface area contributed by atoms with Crippen molar-refractivity contribution >= 4 is 0 Å². The molecule has 2 heterocycles. The van der Waals surface area contributed by atoms with E-state index in [0.717, 1.165) is 6.42 Å². The third kappa shape index (κ3) is 0.789. The molecule has 2 heteroatoms. The van der Waals surface area contributed by atoms with E-state index in [1.54, 1.807) is 0 Å². The molecule has 2 rings (SSSR count). The lowest BCUT2D eigenvalue weighted by atomic mass is 10.0. The van der Waals surface area contributed by atoms with Crippen LogP contribution in [0.1, 0.15) is 25.7 Å². The first kappa shape index (κ1) is 6.62. The van der Waals surface area contributed by atoms with Gasteiger partial charge in [0.15, 0.2) is 0 Å². The van der Waals surface area contributed by atoms with Crippen LogP contribution in [0.4, 0.5) is 0 Å². The van der Waals surface area contributed by atoms with Crippen molar-refractivity contribution in [1.29, 1.82) is 0 Å². The van der Waals surface area contributed by atoms with Gasteiger partial charge in [-0.05, 0) is 26.3 Å². The normalized spacial score (nSPS) is 48.0. The summed E-state index contributed by atoms with van der Waals surface area (Å²) in [6.07, 6.45) is 4.80. The average molecular weight is 141 g/mol. The number of fused-ring (bicyclic) bond motifs is 2. The summed E-state index contributed by atoms with van der Waals surface area (Å²) in [6, 6.07) is 1.17. The molecule has 0 saturated carbocycles. The van der Waals surface area contributed by atoms with Crippen LogP contribution in [0.3, 0.4) is 0 Å². The first-order valence-electron chi connectivity index (χ1n) is 4.19. The van der Waals surface area contributed by atoms with Crippen molar-refractivity contribution in [3.8, 4) is 0 Å². The van der Waals surface area contributed by atoms with E-state index in [2.05, 4.69) is 11.9 Å². The SMILES string of the molecule is CN1[C@H]2CCC[C@@H]1[C@H](O)C2. The number of likely N-dealkylation sites (N-methyl/N-ethyl adjacent to an activating group) is 1. The standard InChI is InChI=1S/C8H15NO/c1-9-6-3-2-4-7(9)8(10)5-6/h6-8,10H,2-5H2,1H3/t6-,7+,8+/m0/s1. The average Bonchev–Trinajstić information content (AvgIpc) is 2.16. The Balaban J connectivity index is 2.14. The summed E-state index contributed by atoms with van der Waals surface area (Å²) in [6.45, 7) is 0. The number of aliphatic hydroxyl groups is 1. The zero-order valence-electron chi connectivity index (χ0n) is 6.45. The van der Waals surface area contributed by atoms with Gasteiger partial charge in [-0.25, -0.2) is 0 Å². The number of nitrogens with zero attached hydrogens (tertiary/aromatic N) is 1. The maximum atomic E-state index is 9.53. The minimum Gasteiger partial charge on any atom is -0.391 e. The summed E-state index contributed by atoms with van der Waals surface area (Å²) in [5.41, 5.74) is 0. The molecule has 0 aromatic rings. The minimum atomic E-state index is -0.0301. The maximum Gasteiger partial charge on any atom is 0.0710 e. The van der Waals surface area contributed by atoms with Crippen LogP contribution in [0.25, 0.3) is 0 Å². The van der Waals surface area contributed by atoms with Gasteiger partial charge in [-0.2, -0.15) is 0 Å². The molecule has 0 aromatic heterocycles. The van der Waals surface area contributed by atoms with Gasteiger partial charge in [0.1, 0.15) is 0 Å². The highest BCUT2D eigenvalue weighted by atomic mass is 16.3. The predicted molar refractivity (Wildman–Crippen MR) is 39.8 cm³/mol. The molecule has 0 aliphatic carbocycles. The Morgan fingerprint density at radius 1 is 1.40 bits per heavy atom. The molecule has 0 spiro atoms. The summed E-state index contributed by atoms with van der Waals surface area (Å²) in [7, 11) is 2.14. The molecule has 3 atom stereocenters. The van der Waals surface area contributed by atoms with Crippen molar-refractivity contribution < 1.29 is 5.11 Å². The van der Waals surface area contributed by atoms with Crippen LogP contribution >= 0.6 is 0 Å². The monoisotopic (exact) mass is 141 g/mol. The van der Waals surface area contributed by atoms with Crippen molar-refractivity contribution in [2.24, 2.45) is 0 Å². The van der Waals surface area contributed by atoms with Gasteiger partial charge in [0.25, 0.3) is 0 Å². The van der Waals surface area contributed by atoms with Crippen LogP contribution < -0.4 is 0 Å². The molecule has 2 fully saturated rings. The van der Waals surface area contributed by atoms with Crippen molar-refractivity contribution in [2.75, 3.05) is 7.05 Å². The Bertz CT molecular complexity index is 137. The van der Waals surface area contributed by atoms with E-state index in [4.69, 9.17) is 0 Å². The molecular formula is C8H15NO. The molecule has 2 aliphatic heterocycles. The largest absolute Gasteiger partial charge is 0.391 e. The fourth-order valence-corrected chi connectivity index (χ4v) is 2.42. The molecule has 0 unspecified atom stereocenters. The van der Waals surface area contributed by atoms with Crippen molar-refractivity contribution in [3.63, 3.8) is 0 Å². The fourth-order valence-electron chi connectivity index (χ4n) is 2.42. The van der Waals surface area contributed by atoms with Crippen LogP contribution in [0, 0.1) is 0 Å². The molecule has 2 nitrogen and oxygen atoms in total. The quantitative estimate of drug-likeness (QED) is 0.534. The van der Waals surface area contributed by atoms with E-state index in [1.807, 2.05) is 0 Å². The molecule has 1 N–H and O–H groups in total.